The molecule has 14 heavy (non-hydrogen) atoms. The van der Waals surface area contributed by atoms with Gasteiger partial charge in [-0.2, -0.15) is 0 Å². The van der Waals surface area contributed by atoms with Crippen molar-refractivity contribution >= 4 is 5.84 Å². The summed E-state index contributed by atoms with van der Waals surface area (Å²) in [4.78, 5) is 2.38. The van der Waals surface area contributed by atoms with E-state index in [0.29, 0.717) is 5.84 Å². The van der Waals surface area contributed by atoms with Gasteiger partial charge in [-0.05, 0) is 32.2 Å². The van der Waals surface area contributed by atoms with Crippen LogP contribution >= 0.6 is 0 Å². The molecule has 4 N–H and O–H groups in total. The first-order valence-electron chi connectivity index (χ1n) is 5.42. The van der Waals surface area contributed by atoms with Gasteiger partial charge in [0.1, 0.15) is 0 Å². The van der Waals surface area contributed by atoms with Gasteiger partial charge in [-0.25, -0.2) is 0 Å². The standard InChI is InChI=1S/C10H21N3O/c11-10(12)3-1-2-6-13-7-4-9(14)5-8-13/h9,14H,1-8H2,(H3,11,12). The van der Waals surface area contributed by atoms with Gasteiger partial charge in [-0.3, -0.25) is 5.41 Å². The Morgan fingerprint density at radius 2 is 2.00 bits per heavy atom. The molecule has 0 amide bonds. The lowest BCUT2D eigenvalue weighted by atomic mass is 10.1. The van der Waals surface area contributed by atoms with Gasteiger partial charge in [0.25, 0.3) is 0 Å². The van der Waals surface area contributed by atoms with Crippen molar-refractivity contribution in [2.75, 3.05) is 19.6 Å². The average molecular weight is 199 g/mol. The number of hydrogen-bond donors (Lipinski definition) is 3. The summed E-state index contributed by atoms with van der Waals surface area (Å²) in [5, 5.41) is 16.4. The second kappa shape index (κ2) is 5.98. The number of rotatable bonds is 5. The third-order valence-electron chi connectivity index (χ3n) is 2.73. The van der Waals surface area contributed by atoms with Crippen LogP contribution in [0.15, 0.2) is 0 Å². The zero-order chi connectivity index (χ0) is 10.4. The number of aliphatic hydroxyl groups is 1. The van der Waals surface area contributed by atoms with Crippen molar-refractivity contribution in [1.29, 1.82) is 5.41 Å². The third-order valence-corrected chi connectivity index (χ3v) is 2.73. The topological polar surface area (TPSA) is 73.3 Å². The number of piperidine rings is 1. The molecule has 0 bridgehead atoms. The summed E-state index contributed by atoms with van der Waals surface area (Å²) in [7, 11) is 0. The van der Waals surface area contributed by atoms with Crippen LogP contribution in [0.1, 0.15) is 32.1 Å². The van der Waals surface area contributed by atoms with Gasteiger partial charge in [0.15, 0.2) is 0 Å². The van der Waals surface area contributed by atoms with Crippen LogP contribution < -0.4 is 5.73 Å². The van der Waals surface area contributed by atoms with Crippen molar-refractivity contribution in [3.05, 3.63) is 0 Å². The fourth-order valence-electron chi connectivity index (χ4n) is 1.79. The summed E-state index contributed by atoms with van der Waals surface area (Å²) in [5.41, 5.74) is 5.27. The molecule has 82 valence electrons. The Hall–Kier alpha value is -0.610. The number of unbranched alkanes of at least 4 members (excludes halogenated alkanes) is 1. The van der Waals surface area contributed by atoms with E-state index in [9.17, 15) is 5.11 Å². The van der Waals surface area contributed by atoms with Gasteiger partial charge in [0.05, 0.1) is 11.9 Å². The number of nitrogens with one attached hydrogen (secondary N) is 1. The van der Waals surface area contributed by atoms with E-state index >= 15 is 0 Å². The van der Waals surface area contributed by atoms with Gasteiger partial charge in [0.2, 0.25) is 0 Å². The van der Waals surface area contributed by atoms with E-state index in [1.54, 1.807) is 0 Å². The summed E-state index contributed by atoms with van der Waals surface area (Å²) in [6, 6.07) is 0. The molecule has 0 spiro atoms. The Morgan fingerprint density at radius 3 is 2.57 bits per heavy atom. The molecule has 0 aromatic rings. The molecule has 1 aliphatic rings. The van der Waals surface area contributed by atoms with Crippen molar-refractivity contribution in [2.24, 2.45) is 5.73 Å². The monoisotopic (exact) mass is 199 g/mol. The highest BCUT2D eigenvalue weighted by atomic mass is 16.3. The normalized spacial score (nSPS) is 19.8. The molecule has 4 nitrogen and oxygen atoms in total. The summed E-state index contributed by atoms with van der Waals surface area (Å²) >= 11 is 0. The SMILES string of the molecule is N=C(N)CCCCN1CCC(O)CC1. The average Bonchev–Trinajstić information content (AvgIpc) is 2.15. The second-order valence-corrected chi connectivity index (χ2v) is 4.06. The molecular formula is C10H21N3O. The lowest BCUT2D eigenvalue weighted by Gasteiger charge is -2.29. The van der Waals surface area contributed by atoms with Crippen LogP contribution in [-0.2, 0) is 0 Å². The summed E-state index contributed by atoms with van der Waals surface area (Å²) < 4.78 is 0. The summed E-state index contributed by atoms with van der Waals surface area (Å²) in [6.07, 6.45) is 4.57. The van der Waals surface area contributed by atoms with Crippen LogP contribution in [0, 0.1) is 5.41 Å². The Balaban J connectivity index is 1.99. The van der Waals surface area contributed by atoms with E-state index in [1.807, 2.05) is 0 Å². The Kier molecular flexibility index (Phi) is 4.90. The zero-order valence-corrected chi connectivity index (χ0v) is 8.71. The number of nitrogens with zero attached hydrogens (tertiary/aromatic N) is 1. The smallest absolute Gasteiger partial charge is 0.0905 e. The van der Waals surface area contributed by atoms with Crippen molar-refractivity contribution in [3.63, 3.8) is 0 Å². The van der Waals surface area contributed by atoms with Gasteiger partial charge < -0.3 is 15.7 Å². The van der Waals surface area contributed by atoms with Crippen LogP contribution in [0.4, 0.5) is 0 Å². The lowest BCUT2D eigenvalue weighted by molar-refractivity contribution is 0.0819. The largest absolute Gasteiger partial charge is 0.393 e. The first-order chi connectivity index (χ1) is 6.68. The first kappa shape index (κ1) is 11.5. The van der Waals surface area contributed by atoms with Crippen LogP contribution in [0.25, 0.3) is 0 Å². The highest BCUT2D eigenvalue weighted by Gasteiger charge is 2.15. The molecule has 1 rings (SSSR count). The Bertz CT molecular complexity index is 176. The maximum atomic E-state index is 9.30. The maximum absolute atomic E-state index is 9.30. The van der Waals surface area contributed by atoms with Crippen LogP contribution in [0.2, 0.25) is 0 Å². The minimum atomic E-state index is -0.0801. The molecule has 4 heteroatoms. The van der Waals surface area contributed by atoms with Crippen molar-refractivity contribution < 1.29 is 5.11 Å². The molecule has 1 heterocycles. The fourth-order valence-corrected chi connectivity index (χ4v) is 1.79. The molecule has 0 atom stereocenters. The number of nitrogens with two attached hydrogens (primary N) is 1. The van der Waals surface area contributed by atoms with E-state index in [-0.39, 0.29) is 6.10 Å². The highest BCUT2D eigenvalue weighted by molar-refractivity contribution is 5.76. The van der Waals surface area contributed by atoms with Gasteiger partial charge in [-0.15, -0.1) is 0 Å². The molecule has 0 radical (unpaired) electrons. The van der Waals surface area contributed by atoms with Crippen LogP contribution in [-0.4, -0.2) is 41.6 Å². The van der Waals surface area contributed by atoms with E-state index in [0.717, 1.165) is 51.7 Å². The second-order valence-electron chi connectivity index (χ2n) is 4.06. The molecule has 0 saturated carbocycles. The zero-order valence-electron chi connectivity index (χ0n) is 8.71. The number of hydrogen-bond acceptors (Lipinski definition) is 3. The molecule has 0 aliphatic carbocycles. The van der Waals surface area contributed by atoms with Crippen molar-refractivity contribution in [1.82, 2.24) is 4.90 Å². The third kappa shape index (κ3) is 4.58. The highest BCUT2D eigenvalue weighted by Crippen LogP contribution is 2.10. The summed E-state index contributed by atoms with van der Waals surface area (Å²) in [6.45, 7) is 3.11. The maximum Gasteiger partial charge on any atom is 0.0905 e. The van der Waals surface area contributed by atoms with Gasteiger partial charge in [0, 0.05) is 19.5 Å². The minimum absolute atomic E-state index is 0.0801. The molecule has 1 saturated heterocycles. The molecule has 0 aromatic carbocycles. The van der Waals surface area contributed by atoms with Crippen molar-refractivity contribution in [2.45, 2.75) is 38.2 Å². The Morgan fingerprint density at radius 1 is 1.36 bits per heavy atom. The molecule has 1 aliphatic heterocycles. The van der Waals surface area contributed by atoms with Crippen LogP contribution in [0.5, 0.6) is 0 Å². The van der Waals surface area contributed by atoms with Gasteiger partial charge >= 0.3 is 0 Å². The molecular weight excluding hydrogens is 178 g/mol. The first-order valence-corrected chi connectivity index (χ1v) is 5.42. The fraction of sp³-hybridized carbons (Fsp3) is 0.900. The predicted octanol–water partition coefficient (Wildman–Crippen LogP) is 0.549. The van der Waals surface area contributed by atoms with Gasteiger partial charge in [-0.1, -0.05) is 0 Å². The minimum Gasteiger partial charge on any atom is -0.393 e. The number of aliphatic hydroxyl groups excluding tert-OH is 1. The summed E-state index contributed by atoms with van der Waals surface area (Å²) in [5.74, 6) is 0.291. The van der Waals surface area contributed by atoms with E-state index in [2.05, 4.69) is 4.90 Å². The van der Waals surface area contributed by atoms with Crippen molar-refractivity contribution in [3.8, 4) is 0 Å². The number of amidine groups is 1. The quantitative estimate of drug-likeness (QED) is 0.344. The lowest BCUT2D eigenvalue weighted by Crippen LogP contribution is -2.36. The van der Waals surface area contributed by atoms with E-state index < -0.39 is 0 Å². The van der Waals surface area contributed by atoms with E-state index in [4.69, 9.17) is 11.1 Å². The van der Waals surface area contributed by atoms with E-state index in [1.165, 1.54) is 0 Å². The predicted molar refractivity (Wildman–Crippen MR) is 57.4 cm³/mol. The molecule has 0 aromatic heterocycles. The molecule has 1 fully saturated rings. The number of likely N-dealkylation sites (tertiary alicyclic amines) is 1. The van der Waals surface area contributed by atoms with Crippen LogP contribution in [0.3, 0.4) is 0 Å². The Labute approximate surface area is 85.6 Å². The molecule has 0 unspecified atom stereocenters.